The highest BCUT2D eigenvalue weighted by Crippen LogP contribution is 2.42. The van der Waals surface area contributed by atoms with E-state index in [4.69, 9.17) is 18.9 Å². The molecule has 2 atom stereocenters. The summed E-state index contributed by atoms with van der Waals surface area (Å²) in [6, 6.07) is 7.56. The van der Waals surface area contributed by atoms with Crippen molar-refractivity contribution in [2.24, 2.45) is 0 Å². The summed E-state index contributed by atoms with van der Waals surface area (Å²) in [6.45, 7) is 7.41. The van der Waals surface area contributed by atoms with E-state index in [0.717, 1.165) is 5.56 Å². The summed E-state index contributed by atoms with van der Waals surface area (Å²) in [5.74, 6) is 0.240. The van der Waals surface area contributed by atoms with Gasteiger partial charge in [0.15, 0.2) is 11.5 Å². The lowest BCUT2D eigenvalue weighted by molar-refractivity contribution is 0.0382. The van der Waals surface area contributed by atoms with Crippen LogP contribution in [-0.4, -0.2) is 18.7 Å². The number of hydrogen-bond donors (Lipinski definition) is 0. The minimum absolute atomic E-state index is 0.208. The van der Waals surface area contributed by atoms with Crippen LogP contribution in [0.5, 0.6) is 11.5 Å². The van der Waals surface area contributed by atoms with E-state index in [-0.39, 0.29) is 36.8 Å². The molecule has 0 amide bonds. The first-order chi connectivity index (χ1) is 14.5. The maximum atomic E-state index is 12.9. The third-order valence-corrected chi connectivity index (χ3v) is 4.95. The summed E-state index contributed by atoms with van der Waals surface area (Å²) in [6.07, 6.45) is 3.90. The molecule has 0 bridgehead atoms. The second-order valence-electron chi connectivity index (χ2n) is 6.86. The monoisotopic (exact) mass is 410 g/mol. The largest absolute Gasteiger partial charge is 0.454 e. The van der Waals surface area contributed by atoms with Crippen LogP contribution < -0.4 is 9.47 Å². The molecule has 0 aliphatic carbocycles. The second kappa shape index (κ2) is 8.02. The lowest BCUT2D eigenvalue weighted by atomic mass is 10.0. The molecule has 2 aromatic rings. The number of ether oxygens (including phenoxy) is 4. The molecule has 0 saturated heterocycles. The first-order valence-electron chi connectivity index (χ1n) is 9.38. The van der Waals surface area contributed by atoms with Gasteiger partial charge in [-0.3, -0.25) is 0 Å². The van der Waals surface area contributed by atoms with Crippen molar-refractivity contribution < 1.29 is 32.9 Å². The number of benzene rings is 2. The van der Waals surface area contributed by atoms with E-state index >= 15 is 0 Å². The van der Waals surface area contributed by atoms with Crippen molar-refractivity contribution >= 4 is 11.9 Å². The van der Waals surface area contributed by atoms with Crippen molar-refractivity contribution in [3.63, 3.8) is 0 Å². The van der Waals surface area contributed by atoms with Gasteiger partial charge >= 0.3 is 11.9 Å². The predicted octanol–water partition coefficient (Wildman–Crippen LogP) is 4.82. The highest BCUT2D eigenvalue weighted by Gasteiger charge is 2.33. The predicted molar refractivity (Wildman–Crippen MR) is 105 cm³/mol. The Labute approximate surface area is 172 Å². The number of cyclic esters (lactones) is 2. The third-order valence-electron chi connectivity index (χ3n) is 4.95. The summed E-state index contributed by atoms with van der Waals surface area (Å²) >= 11 is 0. The molecule has 3 aliphatic rings. The van der Waals surface area contributed by atoms with Gasteiger partial charge < -0.3 is 18.9 Å². The number of carbonyl (C=O) groups excluding carboxylic acids is 2. The zero-order valence-corrected chi connectivity index (χ0v) is 16.1. The molecule has 6 nitrogen and oxygen atoms in total. The SMILES string of the molecule is C=CCC1OC(=O)c2cc3c(cc21)OCO3.C=CCC1OC(=O)c2ccc(F)cc21. The Kier molecular flexibility index (Phi) is 5.27. The Morgan fingerprint density at radius 2 is 1.43 bits per heavy atom. The van der Waals surface area contributed by atoms with Crippen molar-refractivity contribution in [1.29, 1.82) is 0 Å². The highest BCUT2D eigenvalue weighted by molar-refractivity contribution is 5.95. The molecule has 3 heterocycles. The summed E-state index contributed by atoms with van der Waals surface area (Å²) < 4.78 is 33.7. The molecule has 0 N–H and O–H groups in total. The number of halogens is 1. The van der Waals surface area contributed by atoms with Gasteiger partial charge in [0.05, 0.1) is 11.1 Å². The average Bonchev–Trinajstić information content (AvgIpc) is 3.39. The minimum atomic E-state index is -0.383. The number of hydrogen-bond acceptors (Lipinski definition) is 6. The first kappa shape index (κ1) is 19.7. The van der Waals surface area contributed by atoms with Crippen molar-refractivity contribution in [2.75, 3.05) is 6.79 Å². The fourth-order valence-electron chi connectivity index (χ4n) is 3.55. The van der Waals surface area contributed by atoms with Crippen molar-refractivity contribution in [3.8, 4) is 11.5 Å². The molecule has 0 aromatic heterocycles. The van der Waals surface area contributed by atoms with Crippen molar-refractivity contribution in [2.45, 2.75) is 25.0 Å². The molecule has 0 fully saturated rings. The number of fused-ring (bicyclic) bond motifs is 3. The van der Waals surface area contributed by atoms with E-state index in [1.807, 2.05) is 6.07 Å². The van der Waals surface area contributed by atoms with Crippen LogP contribution in [0.25, 0.3) is 0 Å². The summed E-state index contributed by atoms with van der Waals surface area (Å²) in [7, 11) is 0. The molecule has 0 saturated carbocycles. The van der Waals surface area contributed by atoms with Crippen LogP contribution in [0.4, 0.5) is 4.39 Å². The van der Waals surface area contributed by atoms with Gasteiger partial charge in [0.25, 0.3) is 0 Å². The standard InChI is InChI=1S/C12H10O4.C11H9FO2/c1-2-3-9-7-4-10-11(15-6-14-10)5-8(7)12(13)16-9;1-2-3-10-9-6-7(12)4-5-8(9)11(13)14-10/h2,4-5,9H,1,3,6H2;2,4-6,10H,1,3H2. The fourth-order valence-corrected chi connectivity index (χ4v) is 3.55. The molecule has 0 spiro atoms. The molecule has 5 rings (SSSR count). The Morgan fingerprint density at radius 1 is 0.867 bits per heavy atom. The van der Waals surface area contributed by atoms with Gasteiger partial charge in [-0.15, -0.1) is 13.2 Å². The zero-order valence-electron chi connectivity index (χ0n) is 16.1. The van der Waals surface area contributed by atoms with Gasteiger partial charge in [0.1, 0.15) is 18.0 Å². The molecule has 154 valence electrons. The number of rotatable bonds is 4. The van der Waals surface area contributed by atoms with Gasteiger partial charge in [0, 0.05) is 24.0 Å². The average molecular weight is 410 g/mol. The minimum Gasteiger partial charge on any atom is -0.454 e. The second-order valence-corrected chi connectivity index (χ2v) is 6.86. The summed E-state index contributed by atoms with van der Waals surface area (Å²) in [5, 5.41) is 0. The van der Waals surface area contributed by atoms with E-state index in [1.54, 1.807) is 18.2 Å². The van der Waals surface area contributed by atoms with E-state index in [2.05, 4.69) is 13.2 Å². The number of esters is 2. The third kappa shape index (κ3) is 3.54. The van der Waals surface area contributed by atoms with E-state index < -0.39 is 0 Å². The van der Waals surface area contributed by atoms with E-state index in [9.17, 15) is 14.0 Å². The van der Waals surface area contributed by atoms with Gasteiger partial charge in [-0.25, -0.2) is 14.0 Å². The van der Waals surface area contributed by atoms with Gasteiger partial charge in [-0.1, -0.05) is 12.2 Å². The van der Waals surface area contributed by atoms with Crippen LogP contribution in [0.2, 0.25) is 0 Å². The van der Waals surface area contributed by atoms with Crippen LogP contribution in [0.3, 0.4) is 0 Å². The van der Waals surface area contributed by atoms with Crippen molar-refractivity contribution in [1.82, 2.24) is 0 Å². The van der Waals surface area contributed by atoms with Crippen LogP contribution in [-0.2, 0) is 9.47 Å². The molecule has 0 radical (unpaired) electrons. The maximum absolute atomic E-state index is 12.9. The Hall–Kier alpha value is -3.61. The molecule has 2 unspecified atom stereocenters. The lowest BCUT2D eigenvalue weighted by Crippen LogP contribution is -1.97. The molecule has 3 aliphatic heterocycles. The Balaban J connectivity index is 0.000000147. The number of carbonyl (C=O) groups is 2. The van der Waals surface area contributed by atoms with Gasteiger partial charge in [-0.05, 0) is 30.3 Å². The van der Waals surface area contributed by atoms with E-state index in [0.29, 0.717) is 41.0 Å². The summed E-state index contributed by atoms with van der Waals surface area (Å²) in [4.78, 5) is 22.9. The highest BCUT2D eigenvalue weighted by atomic mass is 19.1. The first-order valence-corrected chi connectivity index (χ1v) is 9.38. The maximum Gasteiger partial charge on any atom is 0.339 e. The van der Waals surface area contributed by atoms with Crippen LogP contribution in [0, 0.1) is 5.82 Å². The smallest absolute Gasteiger partial charge is 0.339 e. The Bertz CT molecular complexity index is 1040. The molecular weight excluding hydrogens is 391 g/mol. The topological polar surface area (TPSA) is 71.1 Å². The van der Waals surface area contributed by atoms with Crippen LogP contribution in [0.1, 0.15) is 56.9 Å². The van der Waals surface area contributed by atoms with Crippen molar-refractivity contribution in [3.05, 3.63) is 83.7 Å². The van der Waals surface area contributed by atoms with Crippen LogP contribution in [0.15, 0.2) is 55.6 Å². The summed E-state index contributed by atoms with van der Waals surface area (Å²) in [5.41, 5.74) is 2.50. The molecular formula is C23H19FO6. The Morgan fingerprint density at radius 3 is 2.07 bits per heavy atom. The normalized spacial score (nSPS) is 19.8. The zero-order chi connectivity index (χ0) is 21.3. The fraction of sp³-hybridized carbons (Fsp3) is 0.217. The molecule has 2 aromatic carbocycles. The van der Waals surface area contributed by atoms with E-state index in [1.165, 1.54) is 18.2 Å². The van der Waals surface area contributed by atoms with Gasteiger partial charge in [-0.2, -0.15) is 0 Å². The molecule has 7 heteroatoms. The lowest BCUT2D eigenvalue weighted by Gasteiger charge is -2.07. The molecule has 30 heavy (non-hydrogen) atoms. The van der Waals surface area contributed by atoms with Crippen LogP contribution >= 0.6 is 0 Å². The quantitative estimate of drug-likeness (QED) is 0.532. The van der Waals surface area contributed by atoms with Gasteiger partial charge in [0.2, 0.25) is 6.79 Å².